The molecule has 220 valence electrons. The third-order valence-corrected chi connectivity index (χ3v) is 6.53. The lowest BCUT2D eigenvalue weighted by Gasteiger charge is -2.34. The second kappa shape index (κ2) is 11.8. The second-order valence-corrected chi connectivity index (χ2v) is 9.51. The molecule has 0 N–H and O–H groups in total. The highest BCUT2D eigenvalue weighted by Crippen LogP contribution is 2.31. The molecule has 0 atom stereocenters. The molecule has 0 aliphatic carbocycles. The van der Waals surface area contributed by atoms with Crippen LogP contribution in [0.5, 0.6) is 5.75 Å². The SMILES string of the molecule is O=C(c1ncccc1-c1nc(-c2ccc(C(F)(F)F)cc2)no1)N1CCN(Cc2ccc(OCC(F)(F)F)cc2)CC1. The van der Waals surface area contributed by atoms with Gasteiger partial charge in [0.15, 0.2) is 6.61 Å². The molecule has 1 fully saturated rings. The lowest BCUT2D eigenvalue weighted by atomic mass is 10.1. The van der Waals surface area contributed by atoms with Gasteiger partial charge in [0.2, 0.25) is 5.82 Å². The van der Waals surface area contributed by atoms with Gasteiger partial charge in [0, 0.05) is 44.5 Å². The first kappa shape index (κ1) is 29.0. The highest BCUT2D eigenvalue weighted by atomic mass is 19.4. The van der Waals surface area contributed by atoms with E-state index >= 15 is 0 Å². The number of amides is 1. The molecule has 1 amide bonds. The van der Waals surface area contributed by atoms with Crippen molar-refractivity contribution >= 4 is 5.91 Å². The van der Waals surface area contributed by atoms with Crippen molar-refractivity contribution in [3.05, 3.63) is 83.7 Å². The van der Waals surface area contributed by atoms with Crippen LogP contribution in [0.25, 0.3) is 22.8 Å². The van der Waals surface area contributed by atoms with E-state index in [1.807, 2.05) is 0 Å². The van der Waals surface area contributed by atoms with E-state index in [9.17, 15) is 31.1 Å². The lowest BCUT2D eigenvalue weighted by molar-refractivity contribution is -0.153. The molecule has 4 aromatic rings. The third kappa shape index (κ3) is 7.05. The van der Waals surface area contributed by atoms with Crippen LogP contribution < -0.4 is 4.74 Å². The number of carbonyl (C=O) groups excluding carboxylic acids is 1. The zero-order chi connectivity index (χ0) is 29.9. The number of benzene rings is 2. The van der Waals surface area contributed by atoms with E-state index in [-0.39, 0.29) is 29.1 Å². The maximum Gasteiger partial charge on any atom is 0.422 e. The number of rotatable bonds is 7. The Hall–Kier alpha value is -4.46. The second-order valence-electron chi connectivity index (χ2n) is 9.51. The van der Waals surface area contributed by atoms with Gasteiger partial charge >= 0.3 is 12.4 Å². The minimum atomic E-state index is -4.47. The largest absolute Gasteiger partial charge is 0.484 e. The monoisotopic (exact) mass is 591 g/mol. The van der Waals surface area contributed by atoms with E-state index in [0.29, 0.717) is 43.9 Å². The van der Waals surface area contributed by atoms with Crippen molar-refractivity contribution in [1.29, 1.82) is 0 Å². The van der Waals surface area contributed by atoms with Gasteiger partial charge in [0.25, 0.3) is 11.8 Å². The van der Waals surface area contributed by atoms with Crippen molar-refractivity contribution in [1.82, 2.24) is 24.9 Å². The molecule has 0 spiro atoms. The Kier molecular flexibility index (Phi) is 8.16. The summed E-state index contributed by atoms with van der Waals surface area (Å²) in [7, 11) is 0. The summed E-state index contributed by atoms with van der Waals surface area (Å²) < 4.78 is 85.7. The molecule has 0 radical (unpaired) electrons. The smallest absolute Gasteiger partial charge is 0.422 e. The number of hydrogen-bond acceptors (Lipinski definition) is 7. The van der Waals surface area contributed by atoms with Crippen LogP contribution in [-0.4, -0.2) is 69.8 Å². The number of nitrogens with zero attached hydrogens (tertiary/aromatic N) is 5. The van der Waals surface area contributed by atoms with Crippen LogP contribution in [0.15, 0.2) is 71.4 Å². The summed E-state index contributed by atoms with van der Waals surface area (Å²) in [6.07, 6.45) is -7.42. The summed E-state index contributed by atoms with van der Waals surface area (Å²) in [5, 5.41) is 3.86. The summed E-state index contributed by atoms with van der Waals surface area (Å²) in [6, 6.07) is 13.9. The number of carbonyl (C=O) groups is 1. The van der Waals surface area contributed by atoms with Gasteiger partial charge in [0.05, 0.1) is 11.1 Å². The number of hydrogen-bond donors (Lipinski definition) is 0. The normalized spacial score (nSPS) is 14.7. The molecule has 0 saturated carbocycles. The van der Waals surface area contributed by atoms with Crippen LogP contribution in [0.4, 0.5) is 26.3 Å². The fourth-order valence-electron chi connectivity index (χ4n) is 4.38. The molecule has 1 saturated heterocycles. The molecular formula is C28H23F6N5O3. The number of ether oxygens (including phenoxy) is 1. The van der Waals surface area contributed by atoms with Crippen LogP contribution in [0, 0.1) is 0 Å². The van der Waals surface area contributed by atoms with Crippen molar-refractivity contribution in [2.75, 3.05) is 32.8 Å². The van der Waals surface area contributed by atoms with Gasteiger partial charge in [0.1, 0.15) is 11.4 Å². The Morgan fingerprint density at radius 3 is 2.24 bits per heavy atom. The molecule has 1 aliphatic rings. The van der Waals surface area contributed by atoms with Gasteiger partial charge in [-0.25, -0.2) is 0 Å². The third-order valence-electron chi connectivity index (χ3n) is 6.53. The molecule has 8 nitrogen and oxygen atoms in total. The fourth-order valence-corrected chi connectivity index (χ4v) is 4.38. The van der Waals surface area contributed by atoms with E-state index in [2.05, 4.69) is 20.0 Å². The standard InChI is InChI=1S/C28H23F6N5O3/c29-27(30,31)17-41-21-9-3-18(4-10-21)16-38-12-14-39(15-13-38)26(40)23-22(2-1-11-35-23)25-36-24(37-42-25)19-5-7-20(8-6-19)28(32,33)34/h1-11H,12-17H2. The van der Waals surface area contributed by atoms with E-state index < -0.39 is 24.5 Å². The van der Waals surface area contributed by atoms with Crippen LogP contribution in [0.2, 0.25) is 0 Å². The van der Waals surface area contributed by atoms with E-state index in [4.69, 9.17) is 9.26 Å². The van der Waals surface area contributed by atoms with Crippen molar-refractivity contribution in [2.24, 2.45) is 0 Å². The number of aromatic nitrogens is 3. The molecule has 14 heteroatoms. The molecule has 0 unspecified atom stereocenters. The van der Waals surface area contributed by atoms with Gasteiger partial charge in [-0.1, -0.05) is 29.4 Å². The minimum Gasteiger partial charge on any atom is -0.484 e. The summed E-state index contributed by atoms with van der Waals surface area (Å²) in [4.78, 5) is 25.7. The zero-order valence-electron chi connectivity index (χ0n) is 21.8. The van der Waals surface area contributed by atoms with Gasteiger partial charge in [-0.2, -0.15) is 31.3 Å². The van der Waals surface area contributed by atoms with Crippen molar-refractivity contribution < 1.29 is 40.4 Å². The predicted octanol–water partition coefficient (Wildman–Crippen LogP) is 5.72. The predicted molar refractivity (Wildman–Crippen MR) is 137 cm³/mol. The van der Waals surface area contributed by atoms with Crippen LogP contribution >= 0.6 is 0 Å². The van der Waals surface area contributed by atoms with Gasteiger partial charge in [-0.05, 0) is 42.0 Å². The Bertz CT molecular complexity index is 1510. The molecule has 1 aliphatic heterocycles. The molecule has 5 rings (SSSR count). The maximum atomic E-state index is 13.4. The molecule has 3 heterocycles. The van der Waals surface area contributed by atoms with Crippen molar-refractivity contribution in [3.63, 3.8) is 0 Å². The van der Waals surface area contributed by atoms with E-state index in [1.165, 1.54) is 30.5 Å². The van der Waals surface area contributed by atoms with Crippen molar-refractivity contribution in [3.8, 4) is 28.6 Å². The fraction of sp³-hybridized carbons (Fsp3) is 0.286. The van der Waals surface area contributed by atoms with Crippen molar-refractivity contribution in [2.45, 2.75) is 18.9 Å². The van der Waals surface area contributed by atoms with Crippen LogP contribution in [0.1, 0.15) is 21.6 Å². The first-order valence-electron chi connectivity index (χ1n) is 12.7. The van der Waals surface area contributed by atoms with Crippen LogP contribution in [0.3, 0.4) is 0 Å². The Morgan fingerprint density at radius 2 is 1.60 bits per heavy atom. The first-order valence-corrected chi connectivity index (χ1v) is 12.7. The average Bonchev–Trinajstić information content (AvgIpc) is 3.46. The number of pyridine rings is 1. The van der Waals surface area contributed by atoms with Gasteiger partial charge in [-0.3, -0.25) is 14.7 Å². The Balaban J connectivity index is 1.20. The van der Waals surface area contributed by atoms with Gasteiger partial charge < -0.3 is 14.2 Å². The number of halogens is 6. The summed E-state index contributed by atoms with van der Waals surface area (Å²) in [6.45, 7) is 1.11. The maximum absolute atomic E-state index is 13.4. The molecule has 42 heavy (non-hydrogen) atoms. The average molecular weight is 592 g/mol. The molecule has 2 aromatic carbocycles. The highest BCUT2D eigenvalue weighted by molar-refractivity contribution is 5.98. The van der Waals surface area contributed by atoms with Crippen LogP contribution in [-0.2, 0) is 12.7 Å². The molecule has 0 bridgehead atoms. The topological polar surface area (TPSA) is 84.6 Å². The number of piperazine rings is 1. The Labute approximate surface area is 235 Å². The first-order chi connectivity index (χ1) is 20.0. The summed E-state index contributed by atoms with van der Waals surface area (Å²) in [5.74, 6) is -0.145. The van der Waals surface area contributed by atoms with E-state index in [0.717, 1.165) is 17.7 Å². The van der Waals surface area contributed by atoms with E-state index in [1.54, 1.807) is 29.2 Å². The minimum absolute atomic E-state index is 0.00245. The van der Waals surface area contributed by atoms with Gasteiger partial charge in [-0.15, -0.1) is 0 Å². The molecular weight excluding hydrogens is 568 g/mol. The number of alkyl halides is 6. The highest BCUT2D eigenvalue weighted by Gasteiger charge is 2.31. The summed E-state index contributed by atoms with van der Waals surface area (Å²) >= 11 is 0. The Morgan fingerprint density at radius 1 is 0.905 bits per heavy atom. The zero-order valence-corrected chi connectivity index (χ0v) is 21.8. The quantitative estimate of drug-likeness (QED) is 0.255. The summed E-state index contributed by atoms with van der Waals surface area (Å²) in [5.41, 5.74) is 0.796. The lowest BCUT2D eigenvalue weighted by Crippen LogP contribution is -2.48. The molecule has 2 aromatic heterocycles.